The smallest absolute Gasteiger partial charge is 0.211 e. The number of halogens is 2. The molecule has 0 aliphatic heterocycles. The zero-order valence-electron chi connectivity index (χ0n) is 7.22. The summed E-state index contributed by atoms with van der Waals surface area (Å²) in [5.41, 5.74) is 11.1. The van der Waals surface area contributed by atoms with Gasteiger partial charge in [-0.25, -0.2) is 0 Å². The molecule has 0 bridgehead atoms. The molecule has 0 aromatic heterocycles. The predicted molar refractivity (Wildman–Crippen MR) is 64.8 cm³/mol. The largest absolute Gasteiger partial charge is 0.369 e. The Morgan fingerprint density at radius 2 is 1.79 bits per heavy atom. The highest BCUT2D eigenvalue weighted by atomic mass is 79.9. The van der Waals surface area contributed by atoms with Gasteiger partial charge in [-0.05, 0) is 17.7 Å². The van der Waals surface area contributed by atoms with Crippen LogP contribution in [-0.4, -0.2) is 12.2 Å². The molecule has 0 radical (unpaired) electrons. The second-order valence-corrected chi connectivity index (χ2v) is 3.24. The van der Waals surface area contributed by atoms with Crippen molar-refractivity contribution in [1.29, 1.82) is 0 Å². The Balaban J connectivity index is 0.00000169. The zero-order valence-corrected chi connectivity index (χ0v) is 9.62. The molecule has 4 nitrogen and oxygen atoms in total. The Morgan fingerprint density at radius 1 is 1.21 bits per heavy atom. The van der Waals surface area contributed by atoms with E-state index in [0.717, 1.165) is 10.0 Å². The van der Waals surface area contributed by atoms with Crippen molar-refractivity contribution in [3.63, 3.8) is 0 Å². The maximum atomic E-state index is 5.09. The van der Waals surface area contributed by atoms with E-state index < -0.39 is 0 Å². The van der Waals surface area contributed by atoms with Crippen molar-refractivity contribution in [2.75, 3.05) is 0 Å². The van der Waals surface area contributed by atoms with Gasteiger partial charge in [-0.15, -0.1) is 17.5 Å². The molecule has 6 heteroatoms. The normalized spacial score (nSPS) is 9.50. The van der Waals surface area contributed by atoms with E-state index in [0.29, 0.717) is 0 Å². The Bertz CT molecular complexity index is 330. The first kappa shape index (κ1) is 12.9. The first-order chi connectivity index (χ1) is 6.18. The van der Waals surface area contributed by atoms with Crippen LogP contribution in [0.2, 0.25) is 0 Å². The topological polar surface area (TPSA) is 76.8 Å². The summed E-state index contributed by atoms with van der Waals surface area (Å²) in [6, 6.07) is 7.62. The van der Waals surface area contributed by atoms with Crippen LogP contribution in [0.3, 0.4) is 0 Å². The van der Waals surface area contributed by atoms with Crippen molar-refractivity contribution in [2.24, 2.45) is 21.7 Å². The molecule has 0 spiro atoms. The van der Waals surface area contributed by atoms with Crippen molar-refractivity contribution in [1.82, 2.24) is 0 Å². The van der Waals surface area contributed by atoms with Crippen molar-refractivity contribution in [3.8, 4) is 0 Å². The van der Waals surface area contributed by atoms with Gasteiger partial charge in [-0.2, -0.15) is 5.10 Å². The standard InChI is InChI=1S/C8H9BrN4.ClH/c9-7-3-1-6(2-4-7)5-12-13-8(10)11;/h1-5H,(H4,10,11,13);1H. The van der Waals surface area contributed by atoms with Crippen LogP contribution in [0.4, 0.5) is 0 Å². The van der Waals surface area contributed by atoms with Crippen LogP contribution in [0.15, 0.2) is 38.9 Å². The van der Waals surface area contributed by atoms with E-state index in [9.17, 15) is 0 Å². The number of hydrogen-bond acceptors (Lipinski definition) is 2. The third kappa shape index (κ3) is 4.84. The molecule has 14 heavy (non-hydrogen) atoms. The lowest BCUT2D eigenvalue weighted by Crippen LogP contribution is -2.21. The minimum absolute atomic E-state index is 0. The van der Waals surface area contributed by atoms with Gasteiger partial charge in [0.15, 0.2) is 0 Å². The number of rotatable bonds is 2. The molecule has 0 amide bonds. The molecule has 76 valence electrons. The van der Waals surface area contributed by atoms with Gasteiger partial charge in [-0.1, -0.05) is 28.1 Å². The lowest BCUT2D eigenvalue weighted by molar-refractivity contribution is 1.21. The fourth-order valence-electron chi connectivity index (χ4n) is 0.711. The Morgan fingerprint density at radius 3 is 2.29 bits per heavy atom. The second kappa shape index (κ2) is 6.39. The Labute approximate surface area is 96.6 Å². The third-order valence-corrected chi connectivity index (χ3v) is 1.78. The highest BCUT2D eigenvalue weighted by Crippen LogP contribution is 2.08. The lowest BCUT2D eigenvalue weighted by Gasteiger charge is -1.91. The highest BCUT2D eigenvalue weighted by Gasteiger charge is 1.86. The van der Waals surface area contributed by atoms with E-state index >= 15 is 0 Å². The van der Waals surface area contributed by atoms with E-state index in [2.05, 4.69) is 26.1 Å². The van der Waals surface area contributed by atoms with Gasteiger partial charge in [0.2, 0.25) is 5.96 Å². The number of guanidine groups is 1. The summed E-state index contributed by atoms with van der Waals surface area (Å²) in [7, 11) is 0. The minimum Gasteiger partial charge on any atom is -0.369 e. The van der Waals surface area contributed by atoms with Crippen LogP contribution in [-0.2, 0) is 0 Å². The Hall–Kier alpha value is -1.07. The van der Waals surface area contributed by atoms with Crippen LogP contribution in [0.1, 0.15) is 5.56 Å². The molecule has 0 aliphatic rings. The van der Waals surface area contributed by atoms with Gasteiger partial charge in [0.25, 0.3) is 0 Å². The number of benzene rings is 1. The minimum atomic E-state index is -0.0478. The van der Waals surface area contributed by atoms with Crippen LogP contribution in [0.25, 0.3) is 0 Å². The van der Waals surface area contributed by atoms with E-state index in [-0.39, 0.29) is 18.4 Å². The highest BCUT2D eigenvalue weighted by molar-refractivity contribution is 9.10. The summed E-state index contributed by atoms with van der Waals surface area (Å²) in [5.74, 6) is -0.0478. The summed E-state index contributed by atoms with van der Waals surface area (Å²) in [4.78, 5) is 0. The van der Waals surface area contributed by atoms with Crippen molar-refractivity contribution in [3.05, 3.63) is 34.3 Å². The van der Waals surface area contributed by atoms with E-state index in [4.69, 9.17) is 11.5 Å². The van der Waals surface area contributed by atoms with Gasteiger partial charge in [0, 0.05) is 4.47 Å². The molecule has 4 N–H and O–H groups in total. The molecular formula is C8H10BrClN4. The maximum Gasteiger partial charge on any atom is 0.211 e. The van der Waals surface area contributed by atoms with Crippen LogP contribution < -0.4 is 11.5 Å². The van der Waals surface area contributed by atoms with Crippen LogP contribution >= 0.6 is 28.3 Å². The van der Waals surface area contributed by atoms with Gasteiger partial charge in [0.1, 0.15) is 0 Å². The molecule has 0 unspecified atom stereocenters. The van der Waals surface area contributed by atoms with Gasteiger partial charge in [-0.3, -0.25) is 0 Å². The average Bonchev–Trinajstić information content (AvgIpc) is 2.08. The van der Waals surface area contributed by atoms with E-state index in [1.54, 1.807) is 6.21 Å². The summed E-state index contributed by atoms with van der Waals surface area (Å²) in [5, 5.41) is 7.14. The average molecular weight is 278 g/mol. The lowest BCUT2D eigenvalue weighted by atomic mass is 10.2. The molecule has 0 heterocycles. The molecule has 1 aromatic rings. The SMILES string of the molecule is Cl.NC(N)=NN=Cc1ccc(Br)cc1. The van der Waals surface area contributed by atoms with Gasteiger partial charge < -0.3 is 11.5 Å². The van der Waals surface area contributed by atoms with Gasteiger partial charge >= 0.3 is 0 Å². The Kier molecular flexibility index (Phi) is 5.91. The maximum absolute atomic E-state index is 5.09. The quantitative estimate of drug-likeness (QED) is 0.488. The third-order valence-electron chi connectivity index (χ3n) is 1.25. The zero-order chi connectivity index (χ0) is 9.68. The summed E-state index contributed by atoms with van der Waals surface area (Å²) < 4.78 is 1.02. The molecule has 0 saturated heterocycles. The van der Waals surface area contributed by atoms with E-state index in [1.807, 2.05) is 24.3 Å². The molecule has 1 rings (SSSR count). The molecule has 1 aromatic carbocycles. The van der Waals surface area contributed by atoms with Crippen molar-refractivity contribution >= 4 is 40.5 Å². The number of nitrogens with two attached hydrogens (primary N) is 2. The fourth-order valence-corrected chi connectivity index (χ4v) is 0.975. The molecule has 0 fully saturated rings. The molecular weight excluding hydrogens is 267 g/mol. The molecule has 0 atom stereocenters. The molecule has 0 aliphatic carbocycles. The van der Waals surface area contributed by atoms with Gasteiger partial charge in [0.05, 0.1) is 6.21 Å². The van der Waals surface area contributed by atoms with E-state index in [1.165, 1.54) is 0 Å². The first-order valence-electron chi connectivity index (χ1n) is 3.56. The number of nitrogens with zero attached hydrogens (tertiary/aromatic N) is 2. The van der Waals surface area contributed by atoms with Crippen molar-refractivity contribution < 1.29 is 0 Å². The summed E-state index contributed by atoms with van der Waals surface area (Å²) in [6.45, 7) is 0. The molecule has 0 saturated carbocycles. The van der Waals surface area contributed by atoms with Crippen molar-refractivity contribution in [2.45, 2.75) is 0 Å². The monoisotopic (exact) mass is 276 g/mol. The number of hydrogen-bond donors (Lipinski definition) is 2. The van der Waals surface area contributed by atoms with Crippen LogP contribution in [0.5, 0.6) is 0 Å². The summed E-state index contributed by atoms with van der Waals surface area (Å²) >= 11 is 3.32. The first-order valence-corrected chi connectivity index (χ1v) is 4.35. The predicted octanol–water partition coefficient (Wildman–Crippen LogP) is 1.48. The van der Waals surface area contributed by atoms with Crippen LogP contribution in [0, 0.1) is 0 Å². The summed E-state index contributed by atoms with van der Waals surface area (Å²) in [6.07, 6.45) is 1.58. The fraction of sp³-hybridized carbons (Fsp3) is 0. The second-order valence-electron chi connectivity index (χ2n) is 2.32.